The molecule has 2 aromatic carbocycles. The highest BCUT2D eigenvalue weighted by Gasteiger charge is 2.42. The smallest absolute Gasteiger partial charge is 0.0562 e. The molecule has 1 N–H and O–H groups in total. The van der Waals surface area contributed by atoms with Crippen molar-refractivity contribution in [3.63, 3.8) is 0 Å². The Hall–Kier alpha value is -1.34. The molecule has 0 saturated carbocycles. The summed E-state index contributed by atoms with van der Waals surface area (Å²) in [6, 6.07) is 15.5. The van der Waals surface area contributed by atoms with Gasteiger partial charge < -0.3 is 5.32 Å². The number of unbranched alkanes of at least 4 members (excludes halogenated alkanes) is 1. The summed E-state index contributed by atoms with van der Waals surface area (Å²) in [6.45, 7) is 3.40. The highest BCUT2D eigenvalue weighted by atomic mass is 15.2. The standard InChI is InChI=1S/C16H19N/c1-2-3-10-16(12-17-16)15-9-8-13-6-4-5-7-14(13)11-15/h4-9,11,17H,2-3,10,12H2,1H3. The predicted octanol–water partition coefficient (Wildman–Crippen LogP) is 3.83. The van der Waals surface area contributed by atoms with Gasteiger partial charge in [-0.05, 0) is 28.8 Å². The maximum Gasteiger partial charge on any atom is 0.0562 e. The van der Waals surface area contributed by atoms with Gasteiger partial charge in [-0.25, -0.2) is 0 Å². The van der Waals surface area contributed by atoms with Crippen molar-refractivity contribution >= 4 is 10.8 Å². The quantitative estimate of drug-likeness (QED) is 0.785. The van der Waals surface area contributed by atoms with Gasteiger partial charge >= 0.3 is 0 Å². The van der Waals surface area contributed by atoms with Crippen molar-refractivity contribution in [2.45, 2.75) is 31.7 Å². The summed E-state index contributed by atoms with van der Waals surface area (Å²) in [7, 11) is 0. The van der Waals surface area contributed by atoms with E-state index < -0.39 is 0 Å². The van der Waals surface area contributed by atoms with Crippen LogP contribution in [0.4, 0.5) is 0 Å². The Morgan fingerprint density at radius 3 is 2.59 bits per heavy atom. The average Bonchev–Trinajstić information content (AvgIpc) is 3.17. The molecule has 3 rings (SSSR count). The van der Waals surface area contributed by atoms with E-state index in [4.69, 9.17) is 0 Å². The lowest BCUT2D eigenvalue weighted by atomic mass is 9.92. The molecule has 1 nitrogen and oxygen atoms in total. The topological polar surface area (TPSA) is 21.9 Å². The fourth-order valence-electron chi connectivity index (χ4n) is 2.60. The molecule has 1 heteroatoms. The lowest BCUT2D eigenvalue weighted by Crippen LogP contribution is -2.12. The fraction of sp³-hybridized carbons (Fsp3) is 0.375. The molecule has 0 aliphatic carbocycles. The highest BCUT2D eigenvalue weighted by Crippen LogP contribution is 2.37. The summed E-state index contributed by atoms with van der Waals surface area (Å²) in [5.74, 6) is 0. The SMILES string of the molecule is CCCCC1(c2ccc3ccccc3c2)CN1. The minimum Gasteiger partial charge on any atom is -0.304 e. The molecule has 17 heavy (non-hydrogen) atoms. The van der Waals surface area contributed by atoms with E-state index in [9.17, 15) is 0 Å². The Morgan fingerprint density at radius 2 is 1.88 bits per heavy atom. The van der Waals surface area contributed by atoms with Gasteiger partial charge in [0.2, 0.25) is 0 Å². The molecule has 0 spiro atoms. The third kappa shape index (κ3) is 1.96. The van der Waals surface area contributed by atoms with Crippen LogP contribution in [0.2, 0.25) is 0 Å². The van der Waals surface area contributed by atoms with Crippen LogP contribution in [0.5, 0.6) is 0 Å². The second-order valence-electron chi connectivity index (χ2n) is 5.10. The molecular weight excluding hydrogens is 206 g/mol. The van der Waals surface area contributed by atoms with Crippen LogP contribution in [0.15, 0.2) is 42.5 Å². The van der Waals surface area contributed by atoms with E-state index in [1.807, 2.05) is 0 Å². The molecule has 88 valence electrons. The van der Waals surface area contributed by atoms with E-state index >= 15 is 0 Å². The molecule has 1 aliphatic heterocycles. The van der Waals surface area contributed by atoms with E-state index in [1.165, 1.54) is 35.6 Å². The lowest BCUT2D eigenvalue weighted by molar-refractivity contribution is 0.565. The van der Waals surface area contributed by atoms with E-state index in [-0.39, 0.29) is 0 Å². The summed E-state index contributed by atoms with van der Waals surface area (Å²) in [4.78, 5) is 0. The van der Waals surface area contributed by atoms with Gasteiger partial charge in [0.25, 0.3) is 0 Å². The summed E-state index contributed by atoms with van der Waals surface area (Å²) in [5, 5.41) is 6.26. The maximum absolute atomic E-state index is 3.56. The Bertz CT molecular complexity index is 526. The van der Waals surface area contributed by atoms with E-state index in [2.05, 4.69) is 54.7 Å². The molecule has 0 bridgehead atoms. The fourth-order valence-corrected chi connectivity index (χ4v) is 2.60. The van der Waals surface area contributed by atoms with Crippen LogP contribution < -0.4 is 5.32 Å². The minimum atomic E-state index is 0.292. The first-order valence-electron chi connectivity index (χ1n) is 6.58. The Kier molecular flexibility index (Phi) is 2.64. The molecule has 0 amide bonds. The predicted molar refractivity (Wildman–Crippen MR) is 73.2 cm³/mol. The maximum atomic E-state index is 3.56. The molecule has 0 radical (unpaired) electrons. The second kappa shape index (κ2) is 4.15. The third-order valence-corrected chi connectivity index (χ3v) is 3.86. The number of rotatable bonds is 4. The average molecular weight is 225 g/mol. The van der Waals surface area contributed by atoms with Gasteiger partial charge in [0.05, 0.1) is 5.54 Å². The van der Waals surface area contributed by atoms with Crippen LogP contribution in [0, 0.1) is 0 Å². The molecular formula is C16H19N. The van der Waals surface area contributed by atoms with Crippen molar-refractivity contribution in [2.24, 2.45) is 0 Å². The largest absolute Gasteiger partial charge is 0.304 e. The lowest BCUT2D eigenvalue weighted by Gasteiger charge is -2.14. The number of hydrogen-bond acceptors (Lipinski definition) is 1. The summed E-state index contributed by atoms with van der Waals surface area (Å²) < 4.78 is 0. The third-order valence-electron chi connectivity index (χ3n) is 3.86. The minimum absolute atomic E-state index is 0.292. The van der Waals surface area contributed by atoms with Crippen LogP contribution in [-0.2, 0) is 5.54 Å². The Balaban J connectivity index is 1.95. The first-order chi connectivity index (χ1) is 8.34. The number of benzene rings is 2. The van der Waals surface area contributed by atoms with Crippen LogP contribution in [0.25, 0.3) is 10.8 Å². The first-order valence-corrected chi connectivity index (χ1v) is 6.58. The Labute approximate surface area is 103 Å². The van der Waals surface area contributed by atoms with Gasteiger partial charge in [0, 0.05) is 6.54 Å². The van der Waals surface area contributed by atoms with Gasteiger partial charge in [0.1, 0.15) is 0 Å². The Morgan fingerprint density at radius 1 is 1.12 bits per heavy atom. The van der Waals surface area contributed by atoms with Gasteiger partial charge in [-0.2, -0.15) is 0 Å². The molecule has 2 aromatic rings. The van der Waals surface area contributed by atoms with Gasteiger partial charge in [0.15, 0.2) is 0 Å². The molecule has 1 heterocycles. The monoisotopic (exact) mass is 225 g/mol. The number of nitrogens with one attached hydrogen (secondary N) is 1. The van der Waals surface area contributed by atoms with E-state index in [0.29, 0.717) is 5.54 Å². The second-order valence-corrected chi connectivity index (χ2v) is 5.10. The van der Waals surface area contributed by atoms with Gasteiger partial charge in [-0.1, -0.05) is 56.2 Å². The van der Waals surface area contributed by atoms with Crippen LogP contribution in [-0.4, -0.2) is 6.54 Å². The van der Waals surface area contributed by atoms with Crippen molar-refractivity contribution in [3.8, 4) is 0 Å². The first kappa shape index (κ1) is 10.8. The van der Waals surface area contributed by atoms with Crippen molar-refractivity contribution in [1.29, 1.82) is 0 Å². The van der Waals surface area contributed by atoms with Crippen molar-refractivity contribution in [1.82, 2.24) is 5.32 Å². The molecule has 1 aliphatic rings. The summed E-state index contributed by atoms with van der Waals surface area (Å²) in [5.41, 5.74) is 1.75. The number of fused-ring (bicyclic) bond motifs is 1. The number of hydrogen-bond donors (Lipinski definition) is 1. The van der Waals surface area contributed by atoms with E-state index in [1.54, 1.807) is 0 Å². The molecule has 1 fully saturated rings. The van der Waals surface area contributed by atoms with Crippen LogP contribution in [0.3, 0.4) is 0 Å². The van der Waals surface area contributed by atoms with E-state index in [0.717, 1.165) is 6.54 Å². The zero-order valence-electron chi connectivity index (χ0n) is 10.4. The van der Waals surface area contributed by atoms with Crippen molar-refractivity contribution < 1.29 is 0 Å². The normalized spacial score (nSPS) is 22.9. The summed E-state index contributed by atoms with van der Waals surface area (Å²) in [6.07, 6.45) is 3.85. The van der Waals surface area contributed by atoms with Crippen LogP contribution >= 0.6 is 0 Å². The zero-order valence-corrected chi connectivity index (χ0v) is 10.4. The van der Waals surface area contributed by atoms with Crippen molar-refractivity contribution in [3.05, 3.63) is 48.0 Å². The molecule has 1 unspecified atom stereocenters. The van der Waals surface area contributed by atoms with Crippen molar-refractivity contribution in [2.75, 3.05) is 6.54 Å². The zero-order chi connectivity index (χ0) is 11.7. The van der Waals surface area contributed by atoms with Gasteiger partial charge in [-0.3, -0.25) is 0 Å². The molecule has 1 atom stereocenters. The molecule has 0 aromatic heterocycles. The van der Waals surface area contributed by atoms with Gasteiger partial charge in [-0.15, -0.1) is 0 Å². The molecule has 1 saturated heterocycles. The highest BCUT2D eigenvalue weighted by molar-refractivity contribution is 5.83. The summed E-state index contributed by atoms with van der Waals surface area (Å²) >= 11 is 0. The van der Waals surface area contributed by atoms with Crippen LogP contribution in [0.1, 0.15) is 31.7 Å².